The number of carboxylic acid groups (broad SMARTS) is 1. The van der Waals surface area contributed by atoms with E-state index in [-0.39, 0.29) is 11.1 Å². The summed E-state index contributed by atoms with van der Waals surface area (Å²) in [6.07, 6.45) is 0. The molecule has 18 heteroatoms. The van der Waals surface area contributed by atoms with Crippen LogP contribution in [0.3, 0.4) is 0 Å². The molecule has 2 rings (SSSR count). The van der Waals surface area contributed by atoms with Crippen molar-refractivity contribution in [3.8, 4) is 0 Å². The largest absolute Gasteiger partial charge is 0.478 e. The van der Waals surface area contributed by atoms with Gasteiger partial charge in [0.2, 0.25) is 9.23 Å². The van der Waals surface area contributed by atoms with Gasteiger partial charge in [-0.15, -0.1) is 0 Å². The average Bonchev–Trinajstić information content (AvgIpc) is 2.60. The smallest absolute Gasteiger partial charge is 0.335 e. The minimum absolute atomic E-state index is 0.132. The van der Waals surface area contributed by atoms with Crippen molar-refractivity contribution in [1.82, 2.24) is 0 Å². The molecule has 0 aliphatic heterocycles. The lowest BCUT2D eigenvalue weighted by atomic mass is 10.2. The van der Waals surface area contributed by atoms with Gasteiger partial charge < -0.3 is 5.11 Å². The number of aromatic carboxylic acids is 1. The molecular formula is C14H7Cl5F2O8S3. The zero-order chi connectivity index (χ0) is 25.4. The lowest BCUT2D eigenvalue weighted by molar-refractivity contribution is 0.0696. The predicted molar refractivity (Wildman–Crippen MR) is 116 cm³/mol. The van der Waals surface area contributed by atoms with Crippen LogP contribution >= 0.6 is 54.3 Å². The number of rotatable bonds is 4. The van der Waals surface area contributed by atoms with Gasteiger partial charge in [-0.3, -0.25) is 4.79 Å². The van der Waals surface area contributed by atoms with Gasteiger partial charge in [-0.1, -0.05) is 0 Å². The van der Waals surface area contributed by atoms with Crippen LogP contribution in [0, 0.1) is 11.6 Å². The van der Waals surface area contributed by atoms with Crippen LogP contribution in [0.2, 0.25) is 0 Å². The summed E-state index contributed by atoms with van der Waals surface area (Å²) in [5.74, 6) is -3.46. The fourth-order valence-corrected chi connectivity index (χ4v) is 3.60. The molecule has 0 fully saturated rings. The van der Waals surface area contributed by atoms with Crippen LogP contribution in [0.25, 0.3) is 0 Å². The first kappa shape index (κ1) is 30.9. The van der Waals surface area contributed by atoms with E-state index in [4.69, 9.17) is 42.3 Å². The monoisotopic (exact) mass is 612 g/mol. The van der Waals surface area contributed by atoms with Crippen molar-refractivity contribution in [2.45, 2.75) is 9.79 Å². The first-order valence-corrected chi connectivity index (χ1v) is 14.8. The topological polar surface area (TPSA) is 140 Å². The number of carbonyl (C=O) groups is 2. The van der Waals surface area contributed by atoms with Crippen LogP contribution < -0.4 is 0 Å². The van der Waals surface area contributed by atoms with Crippen molar-refractivity contribution in [2.75, 3.05) is 0 Å². The summed E-state index contributed by atoms with van der Waals surface area (Å²) in [6, 6.07) is 5.01. The van der Waals surface area contributed by atoms with Gasteiger partial charge in [0.15, 0.2) is 0 Å². The molecule has 0 heterocycles. The maximum atomic E-state index is 12.9. The normalized spacial score (nSPS) is 11.0. The molecule has 2 aromatic carbocycles. The third kappa shape index (κ3) is 11.2. The van der Waals surface area contributed by atoms with E-state index in [9.17, 15) is 35.2 Å². The molecule has 0 amide bonds. The number of halogens is 7. The van der Waals surface area contributed by atoms with E-state index in [2.05, 4.69) is 21.4 Å². The maximum absolute atomic E-state index is 12.9. The highest BCUT2D eigenvalue weighted by molar-refractivity contribution is 8.26. The second kappa shape index (κ2) is 13.0. The van der Waals surface area contributed by atoms with Crippen molar-refractivity contribution < 1.29 is 44.5 Å². The van der Waals surface area contributed by atoms with Gasteiger partial charge in [-0.25, -0.2) is 34.6 Å². The van der Waals surface area contributed by atoms with E-state index in [0.717, 1.165) is 30.3 Å². The fraction of sp³-hybridized carbons (Fsp3) is 0. The highest BCUT2D eigenvalue weighted by Crippen LogP contribution is 2.21. The minimum atomic E-state index is -4.26. The lowest BCUT2D eigenvalue weighted by Gasteiger charge is -1.99. The Balaban J connectivity index is 0.000000515. The Morgan fingerprint density at radius 1 is 0.812 bits per heavy atom. The van der Waals surface area contributed by atoms with Crippen molar-refractivity contribution in [1.29, 1.82) is 0 Å². The van der Waals surface area contributed by atoms with E-state index in [0.29, 0.717) is 6.07 Å². The van der Waals surface area contributed by atoms with Gasteiger partial charge in [0.1, 0.15) is 21.4 Å². The molecule has 1 N–H and O–H groups in total. The summed E-state index contributed by atoms with van der Waals surface area (Å²) >= 11 is 5.08. The number of carbonyl (C=O) groups excluding carboxylic acids is 1. The first-order valence-electron chi connectivity index (χ1n) is 7.03. The molecular weight excluding hydrogens is 608 g/mol. The molecule has 0 unspecified atom stereocenters. The first-order chi connectivity index (χ1) is 14.4. The Morgan fingerprint density at radius 3 is 1.41 bits per heavy atom. The molecule has 0 aliphatic carbocycles. The Bertz CT molecular complexity index is 1160. The van der Waals surface area contributed by atoms with Crippen LogP contribution in [0.15, 0.2) is 46.2 Å². The summed E-state index contributed by atoms with van der Waals surface area (Å²) in [5, 5.41) is 7.62. The third-order valence-corrected chi connectivity index (χ3v) is 5.75. The summed E-state index contributed by atoms with van der Waals surface area (Å²) in [7, 11) is 8.70. The second-order valence-electron chi connectivity index (χ2n) is 4.93. The van der Waals surface area contributed by atoms with Crippen LogP contribution in [0.1, 0.15) is 20.7 Å². The van der Waals surface area contributed by atoms with Crippen LogP contribution in [0.4, 0.5) is 8.78 Å². The number of hydrogen-bond acceptors (Lipinski definition) is 7. The Hall–Kier alpha value is -1.06. The molecule has 0 saturated carbocycles. The zero-order valence-corrected chi connectivity index (χ0v) is 20.9. The van der Waals surface area contributed by atoms with Gasteiger partial charge in [-0.05, 0) is 48.0 Å². The van der Waals surface area contributed by atoms with Gasteiger partial charge in [0.25, 0.3) is 23.3 Å². The van der Waals surface area contributed by atoms with Crippen LogP contribution in [-0.4, -0.2) is 37.4 Å². The van der Waals surface area contributed by atoms with Gasteiger partial charge in [0, 0.05) is 48.3 Å². The quantitative estimate of drug-likeness (QED) is 0.492. The third-order valence-electron chi connectivity index (χ3n) is 2.86. The highest BCUT2D eigenvalue weighted by Gasteiger charge is 2.19. The molecule has 0 bridgehead atoms. The summed E-state index contributed by atoms with van der Waals surface area (Å²) < 4.78 is 78.0. The Labute approximate surface area is 205 Å². The van der Waals surface area contributed by atoms with E-state index in [1.807, 2.05) is 0 Å². The Morgan fingerprint density at radius 2 is 1.12 bits per heavy atom. The molecule has 2 aromatic rings. The molecule has 8 nitrogen and oxygen atoms in total. The van der Waals surface area contributed by atoms with Crippen LogP contribution in [-0.2, 0) is 27.3 Å². The number of carboxylic acids is 1. The van der Waals surface area contributed by atoms with E-state index >= 15 is 0 Å². The molecule has 0 radical (unpaired) electrons. The SMILES string of the molecule is O=C(Cl)c1ccc(F)c(S(=O)(=O)Cl)c1.O=C(O)c1ccc(F)c(S(=O)(=O)Cl)c1.O=S(Cl)Cl. The number of benzene rings is 2. The standard InChI is InChI=1S/C7H3Cl2FO3S.C7H4ClFO4S.Cl2OS/c8-7(11)4-1-2-5(10)6(3-4)14(9,12)13;8-14(12,13)6-3-4(7(10)11)1-2-5(6)9;1-4(2)3/h1-3H;1-3H,(H,10,11);. The van der Waals surface area contributed by atoms with Crippen molar-refractivity contribution in [3.05, 3.63) is 59.2 Å². The van der Waals surface area contributed by atoms with Gasteiger partial charge in [-0.2, -0.15) is 0 Å². The lowest BCUT2D eigenvalue weighted by Crippen LogP contribution is -2.01. The fourth-order valence-electron chi connectivity index (χ4n) is 1.64. The van der Waals surface area contributed by atoms with Crippen molar-refractivity contribution in [3.63, 3.8) is 0 Å². The van der Waals surface area contributed by atoms with E-state index in [1.54, 1.807) is 0 Å². The average molecular weight is 615 g/mol. The van der Waals surface area contributed by atoms with Crippen molar-refractivity contribution in [2.24, 2.45) is 0 Å². The van der Waals surface area contributed by atoms with Gasteiger partial charge in [0.05, 0.1) is 5.56 Å². The highest BCUT2D eigenvalue weighted by atomic mass is 36.0. The molecule has 0 saturated heterocycles. The molecule has 0 atom stereocenters. The molecule has 0 aliphatic rings. The molecule has 0 spiro atoms. The molecule has 32 heavy (non-hydrogen) atoms. The molecule has 178 valence electrons. The minimum Gasteiger partial charge on any atom is -0.478 e. The van der Waals surface area contributed by atoms with E-state index < -0.39 is 60.0 Å². The van der Waals surface area contributed by atoms with Crippen molar-refractivity contribution >= 4 is 92.9 Å². The second-order valence-corrected chi connectivity index (χ2v) is 12.9. The zero-order valence-electron chi connectivity index (χ0n) is 14.6. The van der Waals surface area contributed by atoms with Gasteiger partial charge >= 0.3 is 5.97 Å². The van der Waals surface area contributed by atoms with Crippen LogP contribution in [0.5, 0.6) is 0 Å². The Kier molecular flexibility index (Phi) is 12.6. The number of hydrogen-bond donors (Lipinski definition) is 1. The summed E-state index contributed by atoms with van der Waals surface area (Å²) in [5.41, 5.74) is -0.474. The summed E-state index contributed by atoms with van der Waals surface area (Å²) in [4.78, 5) is 19.5. The maximum Gasteiger partial charge on any atom is 0.335 e. The predicted octanol–water partition coefficient (Wildman–Crippen LogP) is 4.63. The summed E-state index contributed by atoms with van der Waals surface area (Å²) in [6.45, 7) is 0. The van der Waals surface area contributed by atoms with E-state index in [1.165, 1.54) is 0 Å². The molecule has 0 aromatic heterocycles.